The van der Waals surface area contributed by atoms with Crippen molar-refractivity contribution in [1.29, 1.82) is 0 Å². The minimum atomic E-state index is 0.0591. The number of nitrogens with zero attached hydrogens (tertiary/aromatic N) is 4. The van der Waals surface area contributed by atoms with Crippen LogP contribution in [0.1, 0.15) is 36.2 Å². The van der Waals surface area contributed by atoms with Crippen molar-refractivity contribution in [2.45, 2.75) is 32.7 Å². The maximum absolute atomic E-state index is 13.2. The van der Waals surface area contributed by atoms with Crippen LogP contribution in [0.4, 0.5) is 0 Å². The summed E-state index contributed by atoms with van der Waals surface area (Å²) in [6.07, 6.45) is 5.11. The van der Waals surface area contributed by atoms with Crippen molar-refractivity contribution >= 4 is 5.91 Å². The molecule has 0 radical (unpaired) electrons. The SMILES string of the molecule is CCc1ccc(-n2nccn2)c(C(=O)N2CCNCCC2C)c1. The third-order valence-electron chi connectivity index (χ3n) is 4.40. The molecule has 1 aliphatic heterocycles. The van der Waals surface area contributed by atoms with E-state index in [9.17, 15) is 4.79 Å². The molecule has 1 unspecified atom stereocenters. The van der Waals surface area contributed by atoms with Crippen LogP contribution in [0.5, 0.6) is 0 Å². The van der Waals surface area contributed by atoms with E-state index in [1.54, 1.807) is 12.4 Å². The van der Waals surface area contributed by atoms with Crippen LogP contribution in [0, 0.1) is 0 Å². The average molecular weight is 313 g/mol. The third-order valence-corrected chi connectivity index (χ3v) is 4.40. The zero-order valence-electron chi connectivity index (χ0n) is 13.7. The predicted molar refractivity (Wildman–Crippen MR) is 88.7 cm³/mol. The summed E-state index contributed by atoms with van der Waals surface area (Å²) in [6.45, 7) is 6.71. The summed E-state index contributed by atoms with van der Waals surface area (Å²) in [4.78, 5) is 16.7. The highest BCUT2D eigenvalue weighted by Crippen LogP contribution is 2.20. The summed E-state index contributed by atoms with van der Waals surface area (Å²) >= 11 is 0. The van der Waals surface area contributed by atoms with E-state index in [0.29, 0.717) is 5.56 Å². The molecular weight excluding hydrogens is 290 g/mol. The van der Waals surface area contributed by atoms with E-state index in [1.807, 2.05) is 23.1 Å². The Hall–Kier alpha value is -2.21. The highest BCUT2D eigenvalue weighted by atomic mass is 16.2. The van der Waals surface area contributed by atoms with E-state index in [2.05, 4.69) is 29.4 Å². The molecule has 2 aromatic rings. The minimum Gasteiger partial charge on any atom is -0.335 e. The molecule has 3 rings (SSSR count). The van der Waals surface area contributed by atoms with Crippen molar-refractivity contribution in [3.05, 3.63) is 41.7 Å². The molecular formula is C17H23N5O. The van der Waals surface area contributed by atoms with Gasteiger partial charge >= 0.3 is 0 Å². The Morgan fingerprint density at radius 3 is 2.83 bits per heavy atom. The number of carbonyl (C=O) groups excluding carboxylic acids is 1. The number of aryl methyl sites for hydroxylation is 1. The maximum Gasteiger partial charge on any atom is 0.256 e. The van der Waals surface area contributed by atoms with Crippen LogP contribution in [-0.2, 0) is 6.42 Å². The van der Waals surface area contributed by atoms with Gasteiger partial charge in [0.1, 0.15) is 0 Å². The number of nitrogens with one attached hydrogen (secondary N) is 1. The smallest absolute Gasteiger partial charge is 0.256 e. The van der Waals surface area contributed by atoms with Gasteiger partial charge in [-0.2, -0.15) is 15.0 Å². The number of hydrogen-bond donors (Lipinski definition) is 1. The van der Waals surface area contributed by atoms with Gasteiger partial charge in [0, 0.05) is 19.1 Å². The number of amides is 1. The van der Waals surface area contributed by atoms with Gasteiger partial charge in [-0.25, -0.2) is 0 Å². The van der Waals surface area contributed by atoms with Gasteiger partial charge in [-0.15, -0.1) is 0 Å². The molecule has 1 fully saturated rings. The second kappa shape index (κ2) is 6.91. The van der Waals surface area contributed by atoms with Crippen LogP contribution in [0.2, 0.25) is 0 Å². The summed E-state index contributed by atoms with van der Waals surface area (Å²) in [6, 6.07) is 6.17. The van der Waals surface area contributed by atoms with Gasteiger partial charge in [-0.1, -0.05) is 13.0 Å². The fraction of sp³-hybridized carbons (Fsp3) is 0.471. The molecule has 23 heavy (non-hydrogen) atoms. The predicted octanol–water partition coefficient (Wildman–Crippen LogP) is 1.65. The number of benzene rings is 1. The minimum absolute atomic E-state index is 0.0591. The fourth-order valence-electron chi connectivity index (χ4n) is 2.96. The van der Waals surface area contributed by atoms with Crippen LogP contribution in [0.15, 0.2) is 30.6 Å². The van der Waals surface area contributed by atoms with Crippen LogP contribution < -0.4 is 5.32 Å². The third kappa shape index (κ3) is 3.27. The molecule has 1 saturated heterocycles. The molecule has 0 bridgehead atoms. The number of aromatic nitrogens is 3. The van der Waals surface area contributed by atoms with E-state index in [1.165, 1.54) is 4.80 Å². The van der Waals surface area contributed by atoms with E-state index in [-0.39, 0.29) is 11.9 Å². The molecule has 1 aromatic heterocycles. The summed E-state index contributed by atoms with van der Waals surface area (Å²) in [5.41, 5.74) is 2.56. The summed E-state index contributed by atoms with van der Waals surface area (Å²) in [5.74, 6) is 0.0591. The van der Waals surface area contributed by atoms with Gasteiger partial charge in [0.25, 0.3) is 5.91 Å². The van der Waals surface area contributed by atoms with Gasteiger partial charge in [-0.3, -0.25) is 4.79 Å². The van der Waals surface area contributed by atoms with Crippen LogP contribution in [0.3, 0.4) is 0 Å². The van der Waals surface area contributed by atoms with Crippen molar-refractivity contribution in [1.82, 2.24) is 25.2 Å². The molecule has 2 heterocycles. The van der Waals surface area contributed by atoms with Crippen LogP contribution in [0.25, 0.3) is 5.69 Å². The molecule has 1 aliphatic rings. The Balaban J connectivity index is 2.00. The lowest BCUT2D eigenvalue weighted by Crippen LogP contribution is -2.40. The van der Waals surface area contributed by atoms with Gasteiger partial charge in [-0.05, 0) is 44.0 Å². The Labute approximate surface area is 136 Å². The first kappa shape index (κ1) is 15.7. The Kier molecular flexibility index (Phi) is 4.71. The molecule has 1 atom stereocenters. The molecule has 1 amide bonds. The van der Waals surface area contributed by atoms with E-state index >= 15 is 0 Å². The zero-order chi connectivity index (χ0) is 16.2. The van der Waals surface area contributed by atoms with Gasteiger partial charge in [0.15, 0.2) is 0 Å². The first-order valence-electron chi connectivity index (χ1n) is 8.22. The van der Waals surface area contributed by atoms with E-state index < -0.39 is 0 Å². The molecule has 1 aromatic carbocycles. The Morgan fingerprint density at radius 1 is 1.30 bits per heavy atom. The molecule has 6 nitrogen and oxygen atoms in total. The monoisotopic (exact) mass is 313 g/mol. The van der Waals surface area contributed by atoms with Crippen molar-refractivity contribution < 1.29 is 4.79 Å². The van der Waals surface area contributed by atoms with Gasteiger partial charge < -0.3 is 10.2 Å². The topological polar surface area (TPSA) is 63.1 Å². The fourth-order valence-corrected chi connectivity index (χ4v) is 2.96. The Bertz CT molecular complexity index is 668. The summed E-state index contributed by atoms with van der Waals surface area (Å²) in [5, 5.41) is 11.7. The second-order valence-corrected chi connectivity index (χ2v) is 5.91. The highest BCUT2D eigenvalue weighted by molar-refractivity contribution is 5.98. The first-order chi connectivity index (χ1) is 11.2. The standard InChI is InChI=1S/C17H23N5O/c1-3-14-4-5-16(22-19-8-9-20-22)15(12-14)17(23)21-11-10-18-7-6-13(21)2/h4-5,8-9,12-13,18H,3,6-7,10-11H2,1-2H3. The number of rotatable bonds is 3. The summed E-state index contributed by atoms with van der Waals surface area (Å²) < 4.78 is 0. The average Bonchev–Trinajstić information content (AvgIpc) is 3.02. The lowest BCUT2D eigenvalue weighted by molar-refractivity contribution is 0.0704. The summed E-state index contributed by atoms with van der Waals surface area (Å²) in [7, 11) is 0. The van der Waals surface area contributed by atoms with Gasteiger partial charge in [0.05, 0.1) is 23.6 Å². The van der Waals surface area contributed by atoms with Crippen molar-refractivity contribution in [2.75, 3.05) is 19.6 Å². The normalized spacial score (nSPS) is 18.7. The zero-order valence-corrected chi connectivity index (χ0v) is 13.7. The molecule has 1 N–H and O–H groups in total. The molecule has 0 saturated carbocycles. The largest absolute Gasteiger partial charge is 0.335 e. The molecule has 0 spiro atoms. The second-order valence-electron chi connectivity index (χ2n) is 5.91. The molecule has 0 aliphatic carbocycles. The maximum atomic E-state index is 13.2. The molecule has 122 valence electrons. The lowest BCUT2D eigenvalue weighted by Gasteiger charge is -2.27. The number of carbonyl (C=O) groups is 1. The first-order valence-corrected chi connectivity index (χ1v) is 8.22. The Morgan fingerprint density at radius 2 is 2.09 bits per heavy atom. The van der Waals surface area contributed by atoms with E-state index in [4.69, 9.17) is 0 Å². The van der Waals surface area contributed by atoms with Crippen molar-refractivity contribution in [2.24, 2.45) is 0 Å². The van der Waals surface area contributed by atoms with Crippen LogP contribution >= 0.6 is 0 Å². The van der Waals surface area contributed by atoms with Crippen molar-refractivity contribution in [3.63, 3.8) is 0 Å². The van der Waals surface area contributed by atoms with Crippen LogP contribution in [-0.4, -0.2) is 51.5 Å². The van der Waals surface area contributed by atoms with Crippen molar-refractivity contribution in [3.8, 4) is 5.69 Å². The highest BCUT2D eigenvalue weighted by Gasteiger charge is 2.25. The number of hydrogen-bond acceptors (Lipinski definition) is 4. The molecule has 6 heteroatoms. The van der Waals surface area contributed by atoms with Gasteiger partial charge in [0.2, 0.25) is 0 Å². The van der Waals surface area contributed by atoms with E-state index in [0.717, 1.165) is 43.7 Å². The quantitative estimate of drug-likeness (QED) is 0.936. The lowest BCUT2D eigenvalue weighted by atomic mass is 10.0.